The van der Waals surface area contributed by atoms with Gasteiger partial charge in [0.05, 0.1) is 18.7 Å². The van der Waals surface area contributed by atoms with Crippen molar-refractivity contribution >= 4 is 22.6 Å². The second-order valence-corrected chi connectivity index (χ2v) is 11.8. The number of piperidine rings is 1. The molecule has 7 heteroatoms. The Morgan fingerprint density at radius 3 is 2.52 bits per heavy atom. The van der Waals surface area contributed by atoms with Crippen LogP contribution in [-0.2, 0) is 4.79 Å². The van der Waals surface area contributed by atoms with E-state index in [4.69, 9.17) is 4.74 Å². The molecule has 2 heterocycles. The van der Waals surface area contributed by atoms with Crippen LogP contribution in [0.25, 0.3) is 10.8 Å². The summed E-state index contributed by atoms with van der Waals surface area (Å²) in [5.41, 5.74) is 1.81. The van der Waals surface area contributed by atoms with Gasteiger partial charge in [0.15, 0.2) is 0 Å². The predicted molar refractivity (Wildman–Crippen MR) is 169 cm³/mol. The second-order valence-electron chi connectivity index (χ2n) is 11.8. The number of methoxy groups -OCH3 is 1. The van der Waals surface area contributed by atoms with Crippen molar-refractivity contribution in [3.05, 3.63) is 77.9 Å². The summed E-state index contributed by atoms with van der Waals surface area (Å²) >= 11 is 0. The van der Waals surface area contributed by atoms with E-state index in [0.29, 0.717) is 36.9 Å². The first-order valence-corrected chi connectivity index (χ1v) is 15.7. The summed E-state index contributed by atoms with van der Waals surface area (Å²) in [5, 5.41) is 8.77. The highest BCUT2D eigenvalue weighted by Gasteiger charge is 2.32. The van der Waals surface area contributed by atoms with Crippen LogP contribution in [0.3, 0.4) is 0 Å². The molecule has 3 aromatic rings. The van der Waals surface area contributed by atoms with Gasteiger partial charge in [0, 0.05) is 43.5 Å². The van der Waals surface area contributed by atoms with Crippen LogP contribution in [-0.4, -0.2) is 80.1 Å². The maximum Gasteiger partial charge on any atom is 0.255 e. The van der Waals surface area contributed by atoms with Gasteiger partial charge in [0.2, 0.25) is 5.91 Å². The van der Waals surface area contributed by atoms with E-state index in [1.807, 2.05) is 42.5 Å². The first-order valence-electron chi connectivity index (χ1n) is 15.7. The van der Waals surface area contributed by atoms with Crippen LogP contribution < -0.4 is 15.4 Å². The monoisotopic (exact) mass is 570 g/mol. The Kier molecular flexibility index (Phi) is 10.5. The number of amides is 2. The van der Waals surface area contributed by atoms with Crippen molar-refractivity contribution in [1.82, 2.24) is 20.4 Å². The highest BCUT2D eigenvalue weighted by Crippen LogP contribution is 2.30. The third-order valence-electron chi connectivity index (χ3n) is 9.02. The molecule has 2 fully saturated rings. The molecule has 5 rings (SSSR count). The molecule has 224 valence electrons. The van der Waals surface area contributed by atoms with Crippen molar-refractivity contribution < 1.29 is 14.3 Å². The fourth-order valence-corrected chi connectivity index (χ4v) is 6.54. The summed E-state index contributed by atoms with van der Waals surface area (Å²) in [6.07, 6.45) is 6.31. The minimum atomic E-state index is -0.264. The van der Waals surface area contributed by atoms with Gasteiger partial charge in [0.25, 0.3) is 5.91 Å². The summed E-state index contributed by atoms with van der Waals surface area (Å²) in [7, 11) is 1.61. The van der Waals surface area contributed by atoms with E-state index < -0.39 is 0 Å². The number of ether oxygens (including phenoxy) is 1. The molecule has 2 amide bonds. The Balaban J connectivity index is 1.28. The molecule has 0 aliphatic carbocycles. The highest BCUT2D eigenvalue weighted by molar-refractivity contribution is 6.03. The molecule has 2 N–H and O–H groups in total. The van der Waals surface area contributed by atoms with Crippen LogP contribution in [0, 0.1) is 0 Å². The first-order chi connectivity index (χ1) is 20.6. The zero-order chi connectivity index (χ0) is 29.3. The number of hydrogen-bond acceptors (Lipinski definition) is 5. The lowest BCUT2D eigenvalue weighted by molar-refractivity contribution is -0.133. The van der Waals surface area contributed by atoms with Crippen LogP contribution in [0.5, 0.6) is 5.75 Å². The third kappa shape index (κ3) is 7.31. The molecule has 2 saturated heterocycles. The molecule has 3 atom stereocenters. The highest BCUT2D eigenvalue weighted by atomic mass is 16.5. The Bertz CT molecular complexity index is 1320. The van der Waals surface area contributed by atoms with Gasteiger partial charge in [-0.2, -0.15) is 0 Å². The predicted octanol–water partition coefficient (Wildman–Crippen LogP) is 5.21. The number of carbonyl (C=O) groups excluding carboxylic acids is 2. The van der Waals surface area contributed by atoms with Crippen molar-refractivity contribution in [2.45, 2.75) is 63.5 Å². The number of benzene rings is 3. The zero-order valence-electron chi connectivity index (χ0n) is 25.2. The summed E-state index contributed by atoms with van der Waals surface area (Å²) in [6.45, 7) is 7.19. The number of rotatable bonds is 11. The number of nitrogens with one attached hydrogen (secondary N) is 2. The maximum atomic E-state index is 14.0. The quantitative estimate of drug-likeness (QED) is 0.331. The van der Waals surface area contributed by atoms with Gasteiger partial charge in [-0.05, 0) is 62.2 Å². The SMILES string of the molecule is CC[C@H](CN1CC[C@H](CNC(=O)c2ccc3ccccc3c2OC)N[C@H](CCN2CCCCC2)C1=O)c1ccccc1. The van der Waals surface area contributed by atoms with Gasteiger partial charge >= 0.3 is 0 Å². The van der Waals surface area contributed by atoms with Crippen molar-refractivity contribution in [3.8, 4) is 5.75 Å². The Morgan fingerprint density at radius 2 is 1.76 bits per heavy atom. The van der Waals surface area contributed by atoms with Crippen molar-refractivity contribution in [3.63, 3.8) is 0 Å². The van der Waals surface area contributed by atoms with Crippen molar-refractivity contribution in [1.29, 1.82) is 0 Å². The summed E-state index contributed by atoms with van der Waals surface area (Å²) in [6, 6.07) is 22.0. The summed E-state index contributed by atoms with van der Waals surface area (Å²) in [5.74, 6) is 0.916. The standard InChI is InChI=1S/C35H46N4O3/c1-3-26(27-12-6-4-7-13-27)25-39-23-18-29(37-32(35(39)41)19-22-38-20-10-5-11-21-38)24-36-34(40)31-17-16-28-14-8-9-15-30(28)33(31)42-2/h4,6-9,12-17,26,29,32,37H,3,5,10-11,18-25H2,1-2H3,(H,36,40)/t26-,29-,32-/m1/s1. The molecule has 3 aromatic carbocycles. The van der Waals surface area contributed by atoms with E-state index in [-0.39, 0.29) is 23.9 Å². The van der Waals surface area contributed by atoms with Gasteiger partial charge in [-0.3, -0.25) is 9.59 Å². The minimum absolute atomic E-state index is 0.00231. The molecule has 0 unspecified atom stereocenters. The van der Waals surface area contributed by atoms with Gasteiger partial charge in [-0.15, -0.1) is 0 Å². The molecule has 2 aliphatic heterocycles. The minimum Gasteiger partial charge on any atom is -0.495 e. The van der Waals surface area contributed by atoms with Crippen LogP contribution >= 0.6 is 0 Å². The maximum absolute atomic E-state index is 14.0. The van der Waals surface area contributed by atoms with E-state index in [1.165, 1.54) is 24.8 Å². The smallest absolute Gasteiger partial charge is 0.255 e. The topological polar surface area (TPSA) is 73.9 Å². The van der Waals surface area contributed by atoms with Crippen LogP contribution in [0.1, 0.15) is 67.3 Å². The number of carbonyl (C=O) groups is 2. The first kappa shape index (κ1) is 30.1. The van der Waals surface area contributed by atoms with E-state index in [2.05, 4.69) is 51.6 Å². The number of nitrogens with zero attached hydrogens (tertiary/aromatic N) is 2. The molecular weight excluding hydrogens is 524 g/mol. The molecular formula is C35H46N4O3. The normalized spacial score (nSPS) is 20.7. The zero-order valence-corrected chi connectivity index (χ0v) is 25.2. The summed E-state index contributed by atoms with van der Waals surface area (Å²) in [4.78, 5) is 31.9. The third-order valence-corrected chi connectivity index (χ3v) is 9.02. The van der Waals surface area contributed by atoms with Gasteiger partial charge in [-0.1, -0.05) is 74.0 Å². The Hall–Kier alpha value is -3.42. The molecule has 0 saturated carbocycles. The largest absolute Gasteiger partial charge is 0.495 e. The van der Waals surface area contributed by atoms with Crippen LogP contribution in [0.15, 0.2) is 66.7 Å². The van der Waals surface area contributed by atoms with Gasteiger partial charge in [0.1, 0.15) is 5.75 Å². The molecule has 0 radical (unpaired) electrons. The molecule has 2 aliphatic rings. The number of hydrogen-bond donors (Lipinski definition) is 2. The molecule has 0 bridgehead atoms. The van der Waals surface area contributed by atoms with E-state index in [9.17, 15) is 9.59 Å². The van der Waals surface area contributed by atoms with Crippen LogP contribution in [0.2, 0.25) is 0 Å². The average molecular weight is 571 g/mol. The lowest BCUT2D eigenvalue weighted by Crippen LogP contribution is -2.50. The molecule has 0 aromatic heterocycles. The van der Waals surface area contributed by atoms with E-state index in [0.717, 1.165) is 49.7 Å². The fraction of sp³-hybridized carbons (Fsp3) is 0.486. The van der Waals surface area contributed by atoms with Crippen molar-refractivity contribution in [2.75, 3.05) is 46.4 Å². The molecule has 0 spiro atoms. The number of likely N-dealkylation sites (tertiary alicyclic amines) is 1. The lowest BCUT2D eigenvalue weighted by atomic mass is 9.95. The van der Waals surface area contributed by atoms with Gasteiger partial charge < -0.3 is 25.2 Å². The number of fused-ring (bicyclic) bond motifs is 1. The summed E-state index contributed by atoms with van der Waals surface area (Å²) < 4.78 is 5.68. The molecule has 7 nitrogen and oxygen atoms in total. The van der Waals surface area contributed by atoms with Gasteiger partial charge in [-0.25, -0.2) is 0 Å². The van der Waals surface area contributed by atoms with Crippen LogP contribution in [0.4, 0.5) is 0 Å². The Labute approximate surface area is 250 Å². The van der Waals surface area contributed by atoms with E-state index in [1.54, 1.807) is 7.11 Å². The Morgan fingerprint density at radius 1 is 1.00 bits per heavy atom. The average Bonchev–Trinajstić information content (AvgIpc) is 3.19. The second kappa shape index (κ2) is 14.7. The molecule has 42 heavy (non-hydrogen) atoms. The van der Waals surface area contributed by atoms with Crippen molar-refractivity contribution in [2.24, 2.45) is 0 Å². The fourth-order valence-electron chi connectivity index (χ4n) is 6.54. The lowest BCUT2D eigenvalue weighted by Gasteiger charge is -2.31. The van der Waals surface area contributed by atoms with E-state index >= 15 is 0 Å².